The zero-order chi connectivity index (χ0) is 11.0. The van der Waals surface area contributed by atoms with Crippen LogP contribution in [0, 0.1) is 0 Å². The van der Waals surface area contributed by atoms with Crippen LogP contribution in [0.25, 0.3) is 0 Å². The van der Waals surface area contributed by atoms with Gasteiger partial charge >= 0.3 is 0 Å². The Hall–Kier alpha value is -1.23. The van der Waals surface area contributed by atoms with Gasteiger partial charge in [-0.15, -0.1) is 5.10 Å². The minimum atomic E-state index is 0.404. The third-order valence-corrected chi connectivity index (χ3v) is 3.81. The van der Waals surface area contributed by atoms with Crippen molar-refractivity contribution in [1.82, 2.24) is 19.9 Å². The first-order chi connectivity index (χ1) is 7.86. The summed E-state index contributed by atoms with van der Waals surface area (Å²) < 4.78 is 1.85. The number of nitrogens with zero attached hydrogens (tertiary/aromatic N) is 4. The summed E-state index contributed by atoms with van der Waals surface area (Å²) in [6, 6.07) is 1.21. The van der Waals surface area contributed by atoms with E-state index in [1.807, 2.05) is 4.68 Å². The number of carbonyl (C=O) groups is 1. The molecule has 0 bridgehead atoms. The van der Waals surface area contributed by atoms with E-state index in [0.29, 0.717) is 11.7 Å². The van der Waals surface area contributed by atoms with E-state index in [2.05, 4.69) is 15.2 Å². The van der Waals surface area contributed by atoms with Crippen LogP contribution in [-0.2, 0) is 0 Å². The van der Waals surface area contributed by atoms with Crippen molar-refractivity contribution in [3.8, 4) is 0 Å². The Kier molecular flexibility index (Phi) is 2.47. The Balaban J connectivity index is 1.65. The van der Waals surface area contributed by atoms with Gasteiger partial charge in [0.05, 0.1) is 12.2 Å². The molecule has 3 rings (SSSR count). The molecule has 0 amide bonds. The van der Waals surface area contributed by atoms with Crippen molar-refractivity contribution in [1.29, 1.82) is 0 Å². The van der Waals surface area contributed by atoms with Crippen molar-refractivity contribution < 1.29 is 4.79 Å². The Morgan fingerprint density at radius 2 is 2.19 bits per heavy atom. The maximum absolute atomic E-state index is 10.5. The normalized spacial score (nSPS) is 26.9. The molecule has 16 heavy (non-hydrogen) atoms. The minimum Gasteiger partial charge on any atom is -0.298 e. The SMILES string of the molecule is O=Cc1cn([C@@H]2CCN(C3CCC3)C2)nn1. The second-order valence-electron chi connectivity index (χ2n) is 4.76. The van der Waals surface area contributed by atoms with Gasteiger partial charge in [-0.05, 0) is 19.3 Å². The first kappa shape index (κ1) is 9.96. The fraction of sp³-hybridized carbons (Fsp3) is 0.727. The molecule has 1 aromatic heterocycles. The summed E-state index contributed by atoms with van der Waals surface area (Å²) >= 11 is 0. The molecule has 1 aliphatic carbocycles. The van der Waals surface area contributed by atoms with Crippen molar-refractivity contribution in [2.45, 2.75) is 37.8 Å². The predicted molar refractivity (Wildman–Crippen MR) is 58.3 cm³/mol. The van der Waals surface area contributed by atoms with Gasteiger partial charge in [-0.3, -0.25) is 9.69 Å². The third-order valence-electron chi connectivity index (χ3n) is 3.81. The van der Waals surface area contributed by atoms with Crippen molar-refractivity contribution in [2.24, 2.45) is 0 Å². The molecule has 0 spiro atoms. The summed E-state index contributed by atoms with van der Waals surface area (Å²) in [4.78, 5) is 13.1. The van der Waals surface area contributed by atoms with Crippen LogP contribution in [0.1, 0.15) is 42.2 Å². The first-order valence-electron chi connectivity index (χ1n) is 5.98. The lowest BCUT2D eigenvalue weighted by molar-refractivity contribution is 0.111. The quantitative estimate of drug-likeness (QED) is 0.710. The van der Waals surface area contributed by atoms with Gasteiger partial charge in [-0.1, -0.05) is 11.6 Å². The van der Waals surface area contributed by atoms with E-state index in [0.717, 1.165) is 31.8 Å². The number of hydrogen-bond acceptors (Lipinski definition) is 4. The zero-order valence-electron chi connectivity index (χ0n) is 9.25. The summed E-state index contributed by atoms with van der Waals surface area (Å²) in [5.41, 5.74) is 0.432. The monoisotopic (exact) mass is 220 g/mol. The Morgan fingerprint density at radius 3 is 2.81 bits per heavy atom. The number of likely N-dealkylation sites (tertiary alicyclic amines) is 1. The number of rotatable bonds is 3. The summed E-state index contributed by atoms with van der Waals surface area (Å²) in [7, 11) is 0. The number of aldehydes is 1. The molecule has 2 aliphatic rings. The van der Waals surface area contributed by atoms with Crippen LogP contribution >= 0.6 is 0 Å². The van der Waals surface area contributed by atoms with E-state index in [4.69, 9.17) is 0 Å². The fourth-order valence-corrected chi connectivity index (χ4v) is 2.59. The van der Waals surface area contributed by atoms with E-state index in [1.54, 1.807) is 6.20 Å². The van der Waals surface area contributed by atoms with Crippen LogP contribution < -0.4 is 0 Å². The van der Waals surface area contributed by atoms with Crippen LogP contribution in [0.4, 0.5) is 0 Å². The topological polar surface area (TPSA) is 51.0 Å². The summed E-state index contributed by atoms with van der Waals surface area (Å²) in [5, 5.41) is 7.83. The highest BCUT2D eigenvalue weighted by Gasteiger charge is 2.32. The van der Waals surface area contributed by atoms with Crippen LogP contribution in [0.3, 0.4) is 0 Å². The van der Waals surface area contributed by atoms with E-state index in [-0.39, 0.29) is 0 Å². The molecular weight excluding hydrogens is 204 g/mol. The van der Waals surface area contributed by atoms with Crippen LogP contribution in [0.15, 0.2) is 6.20 Å². The largest absolute Gasteiger partial charge is 0.298 e. The van der Waals surface area contributed by atoms with Gasteiger partial charge in [0.15, 0.2) is 6.29 Å². The van der Waals surface area contributed by atoms with Gasteiger partial charge in [0.25, 0.3) is 0 Å². The van der Waals surface area contributed by atoms with E-state index in [1.165, 1.54) is 19.3 Å². The molecule has 0 unspecified atom stereocenters. The Morgan fingerprint density at radius 1 is 1.31 bits per heavy atom. The third kappa shape index (κ3) is 1.65. The van der Waals surface area contributed by atoms with Gasteiger partial charge in [0.1, 0.15) is 5.69 Å². The number of carbonyl (C=O) groups excluding carboxylic acids is 1. The molecule has 0 N–H and O–H groups in total. The van der Waals surface area contributed by atoms with Crippen molar-refractivity contribution in [2.75, 3.05) is 13.1 Å². The fourth-order valence-electron chi connectivity index (χ4n) is 2.59. The van der Waals surface area contributed by atoms with Crippen molar-refractivity contribution in [3.63, 3.8) is 0 Å². The molecule has 1 atom stereocenters. The molecule has 1 aromatic rings. The van der Waals surface area contributed by atoms with Gasteiger partial charge in [-0.25, -0.2) is 4.68 Å². The number of hydrogen-bond donors (Lipinski definition) is 0. The lowest BCUT2D eigenvalue weighted by atomic mass is 9.92. The van der Waals surface area contributed by atoms with E-state index in [9.17, 15) is 4.79 Å². The molecule has 5 nitrogen and oxygen atoms in total. The van der Waals surface area contributed by atoms with Gasteiger partial charge in [-0.2, -0.15) is 0 Å². The van der Waals surface area contributed by atoms with E-state index >= 15 is 0 Å². The molecule has 1 aliphatic heterocycles. The first-order valence-corrected chi connectivity index (χ1v) is 5.98. The molecule has 1 saturated heterocycles. The molecule has 5 heteroatoms. The highest BCUT2D eigenvalue weighted by atomic mass is 16.1. The van der Waals surface area contributed by atoms with Gasteiger partial charge in [0.2, 0.25) is 0 Å². The molecular formula is C11H16N4O. The average Bonchev–Trinajstić information content (AvgIpc) is 2.81. The standard InChI is InChI=1S/C11H16N4O/c16-8-9-6-15(13-12-9)11-4-5-14(7-11)10-2-1-3-10/h6,8,10-11H,1-5,7H2/t11-/m1/s1. The molecule has 86 valence electrons. The Labute approximate surface area is 94.4 Å². The summed E-state index contributed by atoms with van der Waals surface area (Å²) in [5.74, 6) is 0. The Bertz CT molecular complexity index is 385. The van der Waals surface area contributed by atoms with Crippen molar-refractivity contribution in [3.05, 3.63) is 11.9 Å². The lowest BCUT2D eigenvalue weighted by Crippen LogP contribution is -2.38. The minimum absolute atomic E-state index is 0.404. The molecule has 2 fully saturated rings. The van der Waals surface area contributed by atoms with E-state index < -0.39 is 0 Å². The maximum atomic E-state index is 10.5. The van der Waals surface area contributed by atoms with Crippen LogP contribution in [-0.4, -0.2) is 45.3 Å². The van der Waals surface area contributed by atoms with Crippen molar-refractivity contribution >= 4 is 6.29 Å². The average molecular weight is 220 g/mol. The number of aromatic nitrogens is 3. The lowest BCUT2D eigenvalue weighted by Gasteiger charge is -2.34. The second kappa shape index (κ2) is 3.97. The van der Waals surface area contributed by atoms with Gasteiger partial charge < -0.3 is 0 Å². The summed E-state index contributed by atoms with van der Waals surface area (Å²) in [6.45, 7) is 2.22. The van der Waals surface area contributed by atoms with Crippen LogP contribution in [0.2, 0.25) is 0 Å². The molecule has 2 heterocycles. The molecule has 0 radical (unpaired) electrons. The maximum Gasteiger partial charge on any atom is 0.171 e. The predicted octanol–water partition coefficient (Wildman–Crippen LogP) is 0.890. The second-order valence-corrected chi connectivity index (χ2v) is 4.76. The molecule has 1 saturated carbocycles. The summed E-state index contributed by atoms with van der Waals surface area (Å²) in [6.07, 6.45) is 7.71. The smallest absolute Gasteiger partial charge is 0.171 e. The van der Waals surface area contributed by atoms with Gasteiger partial charge in [0, 0.05) is 19.1 Å². The zero-order valence-corrected chi connectivity index (χ0v) is 9.25. The van der Waals surface area contributed by atoms with Crippen LogP contribution in [0.5, 0.6) is 0 Å². The highest BCUT2D eigenvalue weighted by Crippen LogP contribution is 2.31. The highest BCUT2D eigenvalue weighted by molar-refractivity contribution is 5.70. The molecule has 0 aromatic carbocycles.